The van der Waals surface area contributed by atoms with Crippen LogP contribution in [0, 0.1) is 11.8 Å². The van der Waals surface area contributed by atoms with Crippen molar-refractivity contribution in [3.63, 3.8) is 0 Å². The van der Waals surface area contributed by atoms with E-state index in [-0.39, 0.29) is 11.8 Å². The normalized spacial score (nSPS) is 25.9. The molecule has 0 spiro atoms. The monoisotopic (exact) mass is 226 g/mol. The van der Waals surface area contributed by atoms with E-state index in [9.17, 15) is 4.79 Å². The molecule has 1 amide bonds. The van der Waals surface area contributed by atoms with E-state index in [0.29, 0.717) is 6.04 Å². The lowest BCUT2D eigenvalue weighted by atomic mass is 9.85. The third-order valence-corrected chi connectivity index (χ3v) is 3.52. The van der Waals surface area contributed by atoms with Crippen molar-refractivity contribution in [1.82, 2.24) is 5.32 Å². The summed E-state index contributed by atoms with van der Waals surface area (Å²) in [6, 6.07) is 0.614. The Bertz CT molecular complexity index is 208. The number of rotatable bonds is 6. The van der Waals surface area contributed by atoms with Crippen LogP contribution in [-0.2, 0) is 4.79 Å². The van der Waals surface area contributed by atoms with Crippen molar-refractivity contribution >= 4 is 5.91 Å². The second-order valence-electron chi connectivity index (χ2n) is 5.44. The molecule has 3 heteroatoms. The van der Waals surface area contributed by atoms with E-state index in [1.54, 1.807) is 0 Å². The number of nitrogens with one attached hydrogen (secondary N) is 1. The van der Waals surface area contributed by atoms with E-state index in [1.807, 2.05) is 0 Å². The lowest BCUT2D eigenvalue weighted by Crippen LogP contribution is -2.37. The highest BCUT2D eigenvalue weighted by Gasteiger charge is 2.23. The minimum Gasteiger partial charge on any atom is -0.369 e. The highest BCUT2D eigenvalue weighted by molar-refractivity contribution is 5.76. The van der Waals surface area contributed by atoms with Gasteiger partial charge in [-0.1, -0.05) is 13.8 Å². The largest absolute Gasteiger partial charge is 0.369 e. The summed E-state index contributed by atoms with van der Waals surface area (Å²) in [7, 11) is 0. The maximum Gasteiger partial charge on any atom is 0.220 e. The summed E-state index contributed by atoms with van der Waals surface area (Å²) >= 11 is 0. The minimum absolute atomic E-state index is 0.113. The van der Waals surface area contributed by atoms with Gasteiger partial charge in [0.1, 0.15) is 0 Å². The molecule has 0 unspecified atom stereocenters. The summed E-state index contributed by atoms with van der Waals surface area (Å²) in [5.41, 5.74) is 5.31. The second kappa shape index (κ2) is 6.89. The Morgan fingerprint density at radius 3 is 2.44 bits per heavy atom. The van der Waals surface area contributed by atoms with Crippen molar-refractivity contribution in [1.29, 1.82) is 0 Å². The molecule has 3 nitrogen and oxygen atoms in total. The van der Waals surface area contributed by atoms with Gasteiger partial charge in [-0.05, 0) is 51.0 Å². The molecule has 0 saturated heterocycles. The van der Waals surface area contributed by atoms with E-state index in [0.717, 1.165) is 38.1 Å². The van der Waals surface area contributed by atoms with Crippen LogP contribution in [0.2, 0.25) is 0 Å². The number of primary amides is 1. The fourth-order valence-electron chi connectivity index (χ4n) is 2.40. The molecule has 1 rings (SSSR count). The van der Waals surface area contributed by atoms with Crippen LogP contribution in [-0.4, -0.2) is 18.5 Å². The number of hydrogen-bond acceptors (Lipinski definition) is 2. The van der Waals surface area contributed by atoms with Crippen LogP contribution >= 0.6 is 0 Å². The number of amides is 1. The molecular formula is C13H26N2O. The molecule has 3 N–H and O–H groups in total. The first-order chi connectivity index (χ1) is 7.59. The van der Waals surface area contributed by atoms with Gasteiger partial charge in [-0.3, -0.25) is 4.79 Å². The van der Waals surface area contributed by atoms with Crippen molar-refractivity contribution in [2.24, 2.45) is 17.6 Å². The SMILES string of the molecule is CC(C)CCCNC1CCC(C(N)=O)CC1. The third kappa shape index (κ3) is 4.97. The zero-order chi connectivity index (χ0) is 12.0. The molecule has 16 heavy (non-hydrogen) atoms. The average Bonchev–Trinajstić information content (AvgIpc) is 2.25. The van der Waals surface area contributed by atoms with E-state index in [1.165, 1.54) is 12.8 Å². The van der Waals surface area contributed by atoms with Crippen molar-refractivity contribution < 1.29 is 4.79 Å². The summed E-state index contributed by atoms with van der Waals surface area (Å²) in [6.45, 7) is 5.64. The van der Waals surface area contributed by atoms with Gasteiger partial charge >= 0.3 is 0 Å². The van der Waals surface area contributed by atoms with Gasteiger partial charge in [-0.2, -0.15) is 0 Å². The van der Waals surface area contributed by atoms with E-state index in [2.05, 4.69) is 19.2 Å². The van der Waals surface area contributed by atoms with Crippen molar-refractivity contribution in [2.45, 2.75) is 58.4 Å². The lowest BCUT2D eigenvalue weighted by molar-refractivity contribution is -0.122. The molecule has 0 aliphatic heterocycles. The Labute approximate surface area is 99.2 Å². The first-order valence-corrected chi connectivity index (χ1v) is 6.62. The summed E-state index contributed by atoms with van der Waals surface area (Å²) in [5.74, 6) is 0.819. The highest BCUT2D eigenvalue weighted by atomic mass is 16.1. The molecule has 0 aromatic carbocycles. The first-order valence-electron chi connectivity index (χ1n) is 6.62. The van der Waals surface area contributed by atoms with Crippen LogP contribution in [0.1, 0.15) is 52.4 Å². The van der Waals surface area contributed by atoms with Gasteiger partial charge in [-0.25, -0.2) is 0 Å². The molecule has 1 aliphatic carbocycles. The van der Waals surface area contributed by atoms with Crippen LogP contribution in [0.4, 0.5) is 0 Å². The summed E-state index contributed by atoms with van der Waals surface area (Å²) in [4.78, 5) is 11.0. The number of nitrogens with two attached hydrogens (primary N) is 1. The molecule has 0 heterocycles. The average molecular weight is 226 g/mol. The maximum absolute atomic E-state index is 11.0. The molecule has 0 radical (unpaired) electrons. The topological polar surface area (TPSA) is 55.1 Å². The van der Waals surface area contributed by atoms with Crippen molar-refractivity contribution in [3.05, 3.63) is 0 Å². The van der Waals surface area contributed by atoms with E-state index in [4.69, 9.17) is 5.73 Å². The molecule has 0 aromatic rings. The third-order valence-electron chi connectivity index (χ3n) is 3.52. The fraction of sp³-hybridized carbons (Fsp3) is 0.923. The Hall–Kier alpha value is -0.570. The zero-order valence-electron chi connectivity index (χ0n) is 10.7. The molecule has 1 fully saturated rings. The van der Waals surface area contributed by atoms with Gasteiger partial charge in [0, 0.05) is 12.0 Å². The van der Waals surface area contributed by atoms with E-state index >= 15 is 0 Å². The number of hydrogen-bond donors (Lipinski definition) is 2. The van der Waals surface area contributed by atoms with Crippen LogP contribution in [0.3, 0.4) is 0 Å². The lowest BCUT2D eigenvalue weighted by Gasteiger charge is -2.27. The van der Waals surface area contributed by atoms with Crippen LogP contribution in [0.5, 0.6) is 0 Å². The second-order valence-corrected chi connectivity index (χ2v) is 5.44. The highest BCUT2D eigenvalue weighted by Crippen LogP contribution is 2.23. The van der Waals surface area contributed by atoms with Gasteiger partial charge in [0.05, 0.1) is 0 Å². The minimum atomic E-state index is -0.113. The molecular weight excluding hydrogens is 200 g/mol. The maximum atomic E-state index is 11.0. The predicted molar refractivity (Wildman–Crippen MR) is 67.0 cm³/mol. The predicted octanol–water partition coefficient (Wildman–Crippen LogP) is 2.06. The van der Waals surface area contributed by atoms with Crippen molar-refractivity contribution in [2.75, 3.05) is 6.54 Å². The van der Waals surface area contributed by atoms with Crippen molar-refractivity contribution in [3.8, 4) is 0 Å². The molecule has 0 atom stereocenters. The standard InChI is InChI=1S/C13H26N2O/c1-10(2)4-3-9-15-12-7-5-11(6-8-12)13(14)16/h10-12,15H,3-9H2,1-2H3,(H2,14,16). The zero-order valence-corrected chi connectivity index (χ0v) is 10.7. The molecule has 94 valence electrons. The van der Waals surface area contributed by atoms with Crippen LogP contribution in [0.25, 0.3) is 0 Å². The van der Waals surface area contributed by atoms with Gasteiger partial charge < -0.3 is 11.1 Å². The summed E-state index contributed by atoms with van der Waals surface area (Å²) < 4.78 is 0. The first kappa shape index (κ1) is 13.5. The fourth-order valence-corrected chi connectivity index (χ4v) is 2.40. The van der Waals surface area contributed by atoms with E-state index < -0.39 is 0 Å². The van der Waals surface area contributed by atoms with Gasteiger partial charge in [0.15, 0.2) is 0 Å². The summed E-state index contributed by atoms with van der Waals surface area (Å²) in [5, 5.41) is 3.58. The smallest absolute Gasteiger partial charge is 0.220 e. The molecule has 1 saturated carbocycles. The van der Waals surface area contributed by atoms with Gasteiger partial charge in [0.25, 0.3) is 0 Å². The Morgan fingerprint density at radius 2 is 1.94 bits per heavy atom. The van der Waals surface area contributed by atoms with Gasteiger partial charge in [-0.15, -0.1) is 0 Å². The Kier molecular flexibility index (Phi) is 5.81. The van der Waals surface area contributed by atoms with Crippen LogP contribution in [0.15, 0.2) is 0 Å². The summed E-state index contributed by atoms with van der Waals surface area (Å²) in [6.07, 6.45) is 6.70. The number of carbonyl (C=O) groups excluding carboxylic acids is 1. The number of carbonyl (C=O) groups is 1. The molecule has 1 aliphatic rings. The quantitative estimate of drug-likeness (QED) is 0.681. The molecule has 0 aromatic heterocycles. The molecule has 0 bridgehead atoms. The Balaban J connectivity index is 2.06. The van der Waals surface area contributed by atoms with Crippen LogP contribution < -0.4 is 11.1 Å². The van der Waals surface area contributed by atoms with Gasteiger partial charge in [0.2, 0.25) is 5.91 Å². The Morgan fingerprint density at radius 1 is 1.31 bits per heavy atom.